The number of halogens is 1. The minimum Gasteiger partial charge on any atom is -0.339 e. The standard InChI is InChI=1S/C11H9ClN2/c12-9-5-1-2-6-10(9)14-11-7-3-4-8-13-11/h1-8H,(H,13,14). The molecule has 0 radical (unpaired) electrons. The summed E-state index contributed by atoms with van der Waals surface area (Å²) in [4.78, 5) is 4.15. The number of hydrogen-bond donors (Lipinski definition) is 1. The van der Waals surface area contributed by atoms with E-state index in [1.165, 1.54) is 0 Å². The van der Waals surface area contributed by atoms with E-state index in [4.69, 9.17) is 11.6 Å². The lowest BCUT2D eigenvalue weighted by molar-refractivity contribution is 1.31. The largest absolute Gasteiger partial charge is 0.339 e. The first-order valence-electron chi connectivity index (χ1n) is 4.29. The highest BCUT2D eigenvalue weighted by molar-refractivity contribution is 6.33. The highest BCUT2D eigenvalue weighted by Crippen LogP contribution is 2.23. The first kappa shape index (κ1) is 9.03. The first-order chi connectivity index (χ1) is 6.86. The van der Waals surface area contributed by atoms with Crippen LogP contribution in [0.5, 0.6) is 0 Å². The van der Waals surface area contributed by atoms with Gasteiger partial charge in [0.15, 0.2) is 0 Å². The zero-order valence-corrected chi connectivity index (χ0v) is 8.20. The second kappa shape index (κ2) is 4.11. The molecule has 0 amide bonds. The van der Waals surface area contributed by atoms with Gasteiger partial charge in [0.25, 0.3) is 0 Å². The number of para-hydroxylation sites is 1. The Morgan fingerprint density at radius 3 is 2.50 bits per heavy atom. The Kier molecular flexibility index (Phi) is 2.65. The number of hydrogen-bond acceptors (Lipinski definition) is 2. The molecule has 0 unspecified atom stereocenters. The van der Waals surface area contributed by atoms with Crippen LogP contribution in [0.15, 0.2) is 48.7 Å². The van der Waals surface area contributed by atoms with Crippen LogP contribution in [-0.4, -0.2) is 4.98 Å². The van der Waals surface area contributed by atoms with Gasteiger partial charge in [0.2, 0.25) is 0 Å². The van der Waals surface area contributed by atoms with Crippen LogP contribution in [0.3, 0.4) is 0 Å². The number of pyridine rings is 1. The van der Waals surface area contributed by atoms with Crippen molar-refractivity contribution in [3.05, 3.63) is 53.7 Å². The molecule has 0 aliphatic heterocycles. The summed E-state index contributed by atoms with van der Waals surface area (Å²) in [7, 11) is 0. The van der Waals surface area contributed by atoms with E-state index in [-0.39, 0.29) is 0 Å². The van der Waals surface area contributed by atoms with Crippen LogP contribution in [0.1, 0.15) is 0 Å². The van der Waals surface area contributed by atoms with E-state index in [1.54, 1.807) is 6.20 Å². The topological polar surface area (TPSA) is 24.9 Å². The van der Waals surface area contributed by atoms with Gasteiger partial charge in [0.1, 0.15) is 5.82 Å². The summed E-state index contributed by atoms with van der Waals surface area (Å²) < 4.78 is 0. The molecule has 2 rings (SSSR count). The fourth-order valence-corrected chi connectivity index (χ4v) is 1.32. The monoisotopic (exact) mass is 204 g/mol. The molecule has 1 aromatic carbocycles. The molecule has 14 heavy (non-hydrogen) atoms. The predicted molar refractivity (Wildman–Crippen MR) is 59.0 cm³/mol. The molecule has 2 aromatic rings. The van der Waals surface area contributed by atoms with Gasteiger partial charge in [-0.2, -0.15) is 0 Å². The molecule has 70 valence electrons. The molecule has 0 atom stereocenters. The van der Waals surface area contributed by atoms with Crippen molar-refractivity contribution >= 4 is 23.1 Å². The molecule has 2 nitrogen and oxygen atoms in total. The summed E-state index contributed by atoms with van der Waals surface area (Å²) in [6.45, 7) is 0. The molecule has 1 heterocycles. The smallest absolute Gasteiger partial charge is 0.130 e. The lowest BCUT2D eigenvalue weighted by Crippen LogP contribution is -1.92. The van der Waals surface area contributed by atoms with Crippen molar-refractivity contribution in [3.63, 3.8) is 0 Å². The molecule has 1 aromatic heterocycles. The zero-order valence-electron chi connectivity index (χ0n) is 7.44. The summed E-state index contributed by atoms with van der Waals surface area (Å²) >= 11 is 5.98. The van der Waals surface area contributed by atoms with Crippen LogP contribution in [0.2, 0.25) is 5.02 Å². The third-order valence-corrected chi connectivity index (χ3v) is 2.13. The Labute approximate surface area is 87.6 Å². The van der Waals surface area contributed by atoms with Gasteiger partial charge < -0.3 is 5.32 Å². The third kappa shape index (κ3) is 2.03. The van der Waals surface area contributed by atoms with Crippen molar-refractivity contribution in [2.45, 2.75) is 0 Å². The van der Waals surface area contributed by atoms with Crippen LogP contribution in [-0.2, 0) is 0 Å². The summed E-state index contributed by atoms with van der Waals surface area (Å²) in [6.07, 6.45) is 1.74. The maximum absolute atomic E-state index is 5.98. The molecule has 0 saturated carbocycles. The van der Waals surface area contributed by atoms with Crippen LogP contribution in [0, 0.1) is 0 Å². The average molecular weight is 205 g/mol. The molecule has 0 saturated heterocycles. The molecule has 0 fully saturated rings. The third-order valence-electron chi connectivity index (χ3n) is 1.80. The van der Waals surface area contributed by atoms with Gasteiger partial charge in [-0.15, -0.1) is 0 Å². The van der Waals surface area contributed by atoms with Gasteiger partial charge in [0, 0.05) is 6.20 Å². The Morgan fingerprint density at radius 1 is 1.00 bits per heavy atom. The number of aromatic nitrogens is 1. The van der Waals surface area contributed by atoms with Gasteiger partial charge in [-0.3, -0.25) is 0 Å². The second-order valence-electron chi connectivity index (χ2n) is 2.82. The Bertz CT molecular complexity index is 415. The van der Waals surface area contributed by atoms with E-state index in [9.17, 15) is 0 Å². The lowest BCUT2D eigenvalue weighted by atomic mass is 10.3. The van der Waals surface area contributed by atoms with E-state index in [0.717, 1.165) is 11.5 Å². The first-order valence-corrected chi connectivity index (χ1v) is 4.66. The van der Waals surface area contributed by atoms with E-state index in [1.807, 2.05) is 42.5 Å². The number of nitrogens with one attached hydrogen (secondary N) is 1. The summed E-state index contributed by atoms with van der Waals surface area (Å²) in [5, 5.41) is 3.82. The lowest BCUT2D eigenvalue weighted by Gasteiger charge is -2.06. The fraction of sp³-hybridized carbons (Fsp3) is 0. The van der Waals surface area contributed by atoms with Crippen LogP contribution >= 0.6 is 11.6 Å². The summed E-state index contributed by atoms with van der Waals surface area (Å²) in [5.41, 5.74) is 0.868. The van der Waals surface area contributed by atoms with E-state index < -0.39 is 0 Å². The van der Waals surface area contributed by atoms with E-state index in [0.29, 0.717) is 5.02 Å². The summed E-state index contributed by atoms with van der Waals surface area (Å²) in [6, 6.07) is 13.3. The molecule has 0 aliphatic rings. The molecule has 0 aliphatic carbocycles. The fourth-order valence-electron chi connectivity index (χ4n) is 1.14. The maximum Gasteiger partial charge on any atom is 0.130 e. The van der Waals surface area contributed by atoms with Gasteiger partial charge in [-0.05, 0) is 24.3 Å². The maximum atomic E-state index is 5.98. The minimum absolute atomic E-state index is 0.693. The second-order valence-corrected chi connectivity index (χ2v) is 3.23. The highest BCUT2D eigenvalue weighted by atomic mass is 35.5. The molecule has 0 bridgehead atoms. The number of nitrogens with zero attached hydrogens (tertiary/aromatic N) is 1. The van der Waals surface area contributed by atoms with E-state index >= 15 is 0 Å². The molecule has 3 heteroatoms. The average Bonchev–Trinajstić information content (AvgIpc) is 2.23. The van der Waals surface area contributed by atoms with Crippen molar-refractivity contribution in [3.8, 4) is 0 Å². The van der Waals surface area contributed by atoms with E-state index in [2.05, 4.69) is 10.3 Å². The Balaban J connectivity index is 2.24. The van der Waals surface area contributed by atoms with Crippen LogP contribution in [0.25, 0.3) is 0 Å². The van der Waals surface area contributed by atoms with Crippen LogP contribution < -0.4 is 5.32 Å². The van der Waals surface area contributed by atoms with Crippen molar-refractivity contribution < 1.29 is 0 Å². The van der Waals surface area contributed by atoms with Crippen molar-refractivity contribution in [1.82, 2.24) is 4.98 Å². The molecular weight excluding hydrogens is 196 g/mol. The predicted octanol–water partition coefficient (Wildman–Crippen LogP) is 3.48. The SMILES string of the molecule is Clc1ccccc1Nc1ccccn1. The van der Waals surface area contributed by atoms with Gasteiger partial charge >= 0.3 is 0 Å². The number of rotatable bonds is 2. The molecule has 1 N–H and O–H groups in total. The highest BCUT2D eigenvalue weighted by Gasteiger charge is 1.98. The Hall–Kier alpha value is -1.54. The summed E-state index contributed by atoms with van der Waals surface area (Å²) in [5.74, 6) is 0.792. The normalized spacial score (nSPS) is 9.79. The molecular formula is C11H9ClN2. The molecule has 0 spiro atoms. The van der Waals surface area contributed by atoms with Gasteiger partial charge in [-0.1, -0.05) is 29.8 Å². The number of benzene rings is 1. The van der Waals surface area contributed by atoms with Crippen molar-refractivity contribution in [1.29, 1.82) is 0 Å². The van der Waals surface area contributed by atoms with Crippen molar-refractivity contribution in [2.75, 3.05) is 5.32 Å². The van der Waals surface area contributed by atoms with Crippen LogP contribution in [0.4, 0.5) is 11.5 Å². The van der Waals surface area contributed by atoms with Gasteiger partial charge in [-0.25, -0.2) is 4.98 Å². The minimum atomic E-state index is 0.693. The number of anilines is 2. The Morgan fingerprint density at radius 2 is 1.79 bits per heavy atom. The zero-order chi connectivity index (χ0) is 9.80. The van der Waals surface area contributed by atoms with Crippen molar-refractivity contribution in [2.24, 2.45) is 0 Å². The quantitative estimate of drug-likeness (QED) is 0.810. The van der Waals surface area contributed by atoms with Gasteiger partial charge in [0.05, 0.1) is 10.7 Å².